The molecule has 3 rings (SSSR count). The number of nitrogens with one attached hydrogen (secondary N) is 1. The minimum absolute atomic E-state index is 0.454. The number of hydrogen-bond donors (Lipinski definition) is 1. The molecule has 0 fully saturated rings. The largest absolute Gasteiger partial charge is 0.310 e. The first-order chi connectivity index (χ1) is 9.75. The maximum atomic E-state index is 4.45. The molecule has 0 amide bonds. The van der Waals surface area contributed by atoms with Crippen molar-refractivity contribution >= 4 is 11.0 Å². The van der Waals surface area contributed by atoms with Crippen LogP contribution in [0.1, 0.15) is 19.4 Å². The van der Waals surface area contributed by atoms with Gasteiger partial charge in [0.25, 0.3) is 0 Å². The fraction of sp³-hybridized carbons (Fsp3) is 0.250. The van der Waals surface area contributed by atoms with Gasteiger partial charge in [-0.1, -0.05) is 26.0 Å². The zero-order valence-corrected chi connectivity index (χ0v) is 11.7. The molecule has 0 radical (unpaired) electrons. The van der Waals surface area contributed by atoms with Gasteiger partial charge in [-0.25, -0.2) is 4.98 Å². The first-order valence-electron chi connectivity index (χ1n) is 6.84. The predicted molar refractivity (Wildman–Crippen MR) is 80.8 cm³/mol. The van der Waals surface area contributed by atoms with Crippen LogP contribution in [0.3, 0.4) is 0 Å². The van der Waals surface area contributed by atoms with E-state index >= 15 is 0 Å². The summed E-state index contributed by atoms with van der Waals surface area (Å²) in [6.45, 7) is 5.11. The van der Waals surface area contributed by atoms with E-state index in [4.69, 9.17) is 0 Å². The normalized spacial score (nSPS) is 11.3. The van der Waals surface area contributed by atoms with E-state index < -0.39 is 0 Å². The van der Waals surface area contributed by atoms with Crippen LogP contribution in [0.5, 0.6) is 0 Å². The van der Waals surface area contributed by atoms with Crippen LogP contribution in [0.2, 0.25) is 0 Å². The third-order valence-corrected chi connectivity index (χ3v) is 3.30. The summed E-state index contributed by atoms with van der Waals surface area (Å²) in [5.74, 6) is 0. The van der Waals surface area contributed by atoms with Crippen LogP contribution in [-0.2, 0) is 6.54 Å². The highest BCUT2D eigenvalue weighted by Crippen LogP contribution is 2.20. The van der Waals surface area contributed by atoms with Gasteiger partial charge in [0.15, 0.2) is 0 Å². The summed E-state index contributed by atoms with van der Waals surface area (Å²) in [4.78, 5) is 8.70. The highest BCUT2D eigenvalue weighted by Gasteiger charge is 2.08. The van der Waals surface area contributed by atoms with Gasteiger partial charge < -0.3 is 5.32 Å². The molecule has 2 aromatic heterocycles. The van der Waals surface area contributed by atoms with Gasteiger partial charge in [0.2, 0.25) is 0 Å². The van der Waals surface area contributed by atoms with Crippen LogP contribution in [-0.4, -0.2) is 20.6 Å². The molecule has 4 nitrogen and oxygen atoms in total. The van der Waals surface area contributed by atoms with Crippen molar-refractivity contribution in [2.45, 2.75) is 26.4 Å². The smallest absolute Gasteiger partial charge is 0.100 e. The first-order valence-corrected chi connectivity index (χ1v) is 6.84. The molecule has 0 atom stereocenters. The lowest BCUT2D eigenvalue weighted by molar-refractivity contribution is 0.587. The Morgan fingerprint density at radius 1 is 1.20 bits per heavy atom. The molecule has 0 unspecified atom stereocenters. The highest BCUT2D eigenvalue weighted by atomic mass is 15.1. The van der Waals surface area contributed by atoms with Crippen molar-refractivity contribution in [2.24, 2.45) is 0 Å². The summed E-state index contributed by atoms with van der Waals surface area (Å²) in [5, 5.41) is 3.45. The fourth-order valence-electron chi connectivity index (χ4n) is 2.25. The average molecular weight is 266 g/mol. The van der Waals surface area contributed by atoms with Gasteiger partial charge in [-0.05, 0) is 23.8 Å². The molecule has 0 aliphatic rings. The van der Waals surface area contributed by atoms with Crippen LogP contribution in [0.15, 0.2) is 49.1 Å². The highest BCUT2D eigenvalue weighted by molar-refractivity contribution is 5.77. The molecule has 0 saturated heterocycles. The van der Waals surface area contributed by atoms with E-state index in [0.29, 0.717) is 6.04 Å². The molecule has 0 saturated carbocycles. The van der Waals surface area contributed by atoms with Crippen LogP contribution in [0.25, 0.3) is 16.7 Å². The van der Waals surface area contributed by atoms with Gasteiger partial charge in [-0.15, -0.1) is 0 Å². The van der Waals surface area contributed by atoms with Gasteiger partial charge in [0.05, 0.1) is 22.9 Å². The Hall–Kier alpha value is -2.20. The van der Waals surface area contributed by atoms with Crippen LogP contribution < -0.4 is 5.32 Å². The Labute approximate surface area is 118 Å². The van der Waals surface area contributed by atoms with Crippen LogP contribution in [0.4, 0.5) is 0 Å². The van der Waals surface area contributed by atoms with E-state index in [-0.39, 0.29) is 0 Å². The van der Waals surface area contributed by atoms with Gasteiger partial charge >= 0.3 is 0 Å². The summed E-state index contributed by atoms with van der Waals surface area (Å²) in [7, 11) is 0. The lowest BCUT2D eigenvalue weighted by atomic mass is 10.2. The summed E-state index contributed by atoms with van der Waals surface area (Å²) in [6.07, 6.45) is 5.59. The number of rotatable bonds is 4. The zero-order valence-electron chi connectivity index (χ0n) is 11.7. The van der Waals surface area contributed by atoms with Crippen LogP contribution in [0, 0.1) is 0 Å². The monoisotopic (exact) mass is 266 g/mol. The molecule has 2 heterocycles. The third-order valence-electron chi connectivity index (χ3n) is 3.30. The quantitative estimate of drug-likeness (QED) is 0.789. The van der Waals surface area contributed by atoms with Crippen molar-refractivity contribution in [1.82, 2.24) is 19.9 Å². The Bertz CT molecular complexity index is 715. The summed E-state index contributed by atoms with van der Waals surface area (Å²) < 4.78 is 2.10. The van der Waals surface area contributed by atoms with E-state index in [0.717, 1.165) is 23.3 Å². The number of benzene rings is 1. The standard InChI is InChI=1S/C16H18N4/c1-12(2)18-9-13-7-8-17-10-16(13)20-11-19-14-5-3-4-6-15(14)20/h3-8,10-12,18H,9H2,1-2H3. The van der Waals surface area contributed by atoms with Gasteiger partial charge in [-0.3, -0.25) is 9.55 Å². The summed E-state index contributed by atoms with van der Waals surface area (Å²) in [6, 6.07) is 10.6. The number of nitrogens with zero attached hydrogens (tertiary/aromatic N) is 3. The molecule has 3 aromatic rings. The zero-order chi connectivity index (χ0) is 13.9. The van der Waals surface area contributed by atoms with Crippen molar-refractivity contribution < 1.29 is 0 Å². The molecule has 0 bridgehead atoms. The number of aromatic nitrogens is 3. The van der Waals surface area contributed by atoms with Gasteiger partial charge in [0.1, 0.15) is 6.33 Å². The lowest BCUT2D eigenvalue weighted by Gasteiger charge is -2.13. The van der Waals surface area contributed by atoms with Crippen molar-refractivity contribution in [1.29, 1.82) is 0 Å². The van der Waals surface area contributed by atoms with Crippen molar-refractivity contribution in [3.8, 4) is 5.69 Å². The van der Waals surface area contributed by atoms with Crippen molar-refractivity contribution in [3.63, 3.8) is 0 Å². The second-order valence-corrected chi connectivity index (χ2v) is 5.14. The van der Waals surface area contributed by atoms with E-state index in [1.54, 1.807) is 0 Å². The molecule has 0 aliphatic heterocycles. The Morgan fingerprint density at radius 3 is 2.90 bits per heavy atom. The molecule has 20 heavy (non-hydrogen) atoms. The Morgan fingerprint density at radius 2 is 2.05 bits per heavy atom. The molecule has 1 aromatic carbocycles. The lowest BCUT2D eigenvalue weighted by Crippen LogP contribution is -2.22. The van der Waals surface area contributed by atoms with Gasteiger partial charge in [0, 0.05) is 18.8 Å². The predicted octanol–water partition coefficient (Wildman–Crippen LogP) is 2.92. The number of imidazole rings is 1. The minimum Gasteiger partial charge on any atom is -0.310 e. The van der Waals surface area contributed by atoms with E-state index in [1.807, 2.05) is 36.9 Å². The molecule has 0 aliphatic carbocycles. The number of pyridine rings is 1. The molecular formula is C16H18N4. The van der Waals surface area contributed by atoms with E-state index in [2.05, 4.69) is 45.8 Å². The topological polar surface area (TPSA) is 42.7 Å². The van der Waals surface area contributed by atoms with Gasteiger partial charge in [-0.2, -0.15) is 0 Å². The SMILES string of the molecule is CC(C)NCc1ccncc1-n1cnc2ccccc21. The Kier molecular flexibility index (Phi) is 3.48. The van der Waals surface area contributed by atoms with Crippen molar-refractivity contribution in [3.05, 3.63) is 54.6 Å². The Balaban J connectivity index is 2.05. The molecule has 4 heteroatoms. The summed E-state index contributed by atoms with van der Waals surface area (Å²) in [5.41, 5.74) is 4.40. The second-order valence-electron chi connectivity index (χ2n) is 5.14. The number of fused-ring (bicyclic) bond motifs is 1. The van der Waals surface area contributed by atoms with Crippen LogP contribution >= 0.6 is 0 Å². The van der Waals surface area contributed by atoms with E-state index in [1.165, 1.54) is 5.56 Å². The van der Waals surface area contributed by atoms with E-state index in [9.17, 15) is 0 Å². The number of hydrogen-bond acceptors (Lipinski definition) is 3. The molecule has 1 N–H and O–H groups in total. The maximum absolute atomic E-state index is 4.45. The number of para-hydroxylation sites is 2. The maximum Gasteiger partial charge on any atom is 0.100 e. The molecular weight excluding hydrogens is 248 g/mol. The average Bonchev–Trinajstić information content (AvgIpc) is 2.89. The first kappa shape index (κ1) is 12.8. The van der Waals surface area contributed by atoms with Crippen molar-refractivity contribution in [2.75, 3.05) is 0 Å². The molecule has 0 spiro atoms. The minimum atomic E-state index is 0.454. The fourth-order valence-corrected chi connectivity index (χ4v) is 2.25. The second kappa shape index (κ2) is 5.43. The third kappa shape index (κ3) is 2.42. The summed E-state index contributed by atoms with van der Waals surface area (Å²) >= 11 is 0. The molecule has 102 valence electrons.